The molecule has 0 radical (unpaired) electrons. The Balaban J connectivity index is 2.58. The summed E-state index contributed by atoms with van der Waals surface area (Å²) in [6.07, 6.45) is 1.57. The molecule has 1 aliphatic rings. The Labute approximate surface area is 82.0 Å². The predicted octanol–water partition coefficient (Wildman–Crippen LogP) is 2.24. The maximum atomic E-state index is 11.7. The van der Waals surface area contributed by atoms with Crippen molar-refractivity contribution < 1.29 is 4.79 Å². The molecule has 0 aliphatic heterocycles. The highest BCUT2D eigenvalue weighted by Crippen LogP contribution is 2.36. The lowest BCUT2D eigenvalue weighted by molar-refractivity contribution is -0.124. The minimum absolute atomic E-state index is 0.324. The first-order valence-corrected chi connectivity index (χ1v) is 5.33. The molecular weight excluding hydrogens is 182 g/mol. The fourth-order valence-electron chi connectivity index (χ4n) is 1.80. The van der Waals surface area contributed by atoms with E-state index in [1.165, 1.54) is 4.88 Å². The highest BCUT2D eigenvalue weighted by atomic mass is 32.1. The Kier molecular flexibility index (Phi) is 1.80. The third-order valence-corrected chi connectivity index (χ3v) is 3.70. The van der Waals surface area contributed by atoms with E-state index >= 15 is 0 Å². The lowest BCUT2D eigenvalue weighted by Gasteiger charge is -2.26. The van der Waals surface area contributed by atoms with Crippen molar-refractivity contribution in [2.45, 2.75) is 39.0 Å². The second-order valence-corrected chi connectivity index (χ2v) is 5.34. The number of nitrogens with zero attached hydrogens (tertiary/aromatic N) is 1. The van der Waals surface area contributed by atoms with Crippen molar-refractivity contribution in [2.75, 3.05) is 0 Å². The normalized spacial score (nSPS) is 20.1. The number of rotatable bonds is 0. The second kappa shape index (κ2) is 2.64. The van der Waals surface area contributed by atoms with Gasteiger partial charge in [-0.25, -0.2) is 4.98 Å². The Morgan fingerprint density at radius 1 is 1.38 bits per heavy atom. The molecule has 0 aromatic carbocycles. The topological polar surface area (TPSA) is 30.0 Å². The van der Waals surface area contributed by atoms with Gasteiger partial charge in [-0.1, -0.05) is 0 Å². The number of ketones is 1. The van der Waals surface area contributed by atoms with E-state index in [0.29, 0.717) is 12.2 Å². The molecule has 0 fully saturated rings. The van der Waals surface area contributed by atoms with E-state index in [1.54, 1.807) is 11.3 Å². The van der Waals surface area contributed by atoms with Crippen LogP contribution in [0.4, 0.5) is 0 Å². The standard InChI is InChI=1S/C10H13NOS/c1-6-11-9-7(13-6)4-5-8(12)10(9,2)3/h4-5H2,1-3H3. The number of hydrogen-bond donors (Lipinski definition) is 0. The number of aryl methyl sites for hydroxylation is 2. The van der Waals surface area contributed by atoms with E-state index < -0.39 is 0 Å². The van der Waals surface area contributed by atoms with Gasteiger partial charge in [-0.05, 0) is 27.2 Å². The maximum Gasteiger partial charge on any atom is 0.144 e. The molecule has 0 spiro atoms. The summed E-state index contributed by atoms with van der Waals surface area (Å²) in [5.41, 5.74) is 0.671. The summed E-state index contributed by atoms with van der Waals surface area (Å²) in [5, 5.41) is 1.08. The molecule has 2 nitrogen and oxygen atoms in total. The second-order valence-electron chi connectivity index (χ2n) is 4.05. The summed E-state index contributed by atoms with van der Waals surface area (Å²) in [4.78, 5) is 17.4. The van der Waals surface area contributed by atoms with Crippen molar-refractivity contribution in [1.82, 2.24) is 4.98 Å². The van der Waals surface area contributed by atoms with Crippen LogP contribution in [-0.2, 0) is 16.6 Å². The van der Waals surface area contributed by atoms with E-state index in [-0.39, 0.29) is 5.41 Å². The third kappa shape index (κ3) is 1.22. The Morgan fingerprint density at radius 2 is 2.08 bits per heavy atom. The zero-order valence-electron chi connectivity index (χ0n) is 8.18. The fourth-order valence-corrected chi connectivity index (χ4v) is 2.89. The summed E-state index contributed by atoms with van der Waals surface area (Å²) in [5.74, 6) is 0.324. The molecule has 0 saturated carbocycles. The number of aromatic nitrogens is 1. The maximum absolute atomic E-state index is 11.7. The van der Waals surface area contributed by atoms with Crippen LogP contribution in [0.2, 0.25) is 0 Å². The van der Waals surface area contributed by atoms with Gasteiger partial charge in [-0.15, -0.1) is 11.3 Å². The summed E-state index contributed by atoms with van der Waals surface area (Å²) >= 11 is 1.73. The molecule has 1 aromatic rings. The lowest BCUT2D eigenvalue weighted by Crippen LogP contribution is -2.34. The quantitative estimate of drug-likeness (QED) is 0.635. The smallest absolute Gasteiger partial charge is 0.144 e. The molecule has 0 saturated heterocycles. The molecule has 2 rings (SSSR count). The Hall–Kier alpha value is -0.700. The third-order valence-electron chi connectivity index (χ3n) is 2.67. The molecule has 0 atom stereocenters. The van der Waals surface area contributed by atoms with E-state index in [4.69, 9.17) is 0 Å². The molecule has 0 amide bonds. The zero-order chi connectivity index (χ0) is 9.64. The first-order chi connectivity index (χ1) is 6.01. The Bertz CT molecular complexity index is 365. The van der Waals surface area contributed by atoms with E-state index in [0.717, 1.165) is 17.1 Å². The fraction of sp³-hybridized carbons (Fsp3) is 0.600. The summed E-state index contributed by atoms with van der Waals surface area (Å²) in [6.45, 7) is 5.96. The number of hydrogen-bond acceptors (Lipinski definition) is 3. The minimum atomic E-state index is -0.349. The molecule has 0 bridgehead atoms. The summed E-state index contributed by atoms with van der Waals surface area (Å²) in [7, 11) is 0. The summed E-state index contributed by atoms with van der Waals surface area (Å²) < 4.78 is 0. The largest absolute Gasteiger partial charge is 0.299 e. The van der Waals surface area contributed by atoms with Crippen molar-refractivity contribution in [1.29, 1.82) is 0 Å². The van der Waals surface area contributed by atoms with Gasteiger partial charge in [0, 0.05) is 11.3 Å². The molecule has 1 aromatic heterocycles. The minimum Gasteiger partial charge on any atom is -0.299 e. The predicted molar refractivity (Wildman–Crippen MR) is 53.2 cm³/mol. The average molecular weight is 195 g/mol. The molecule has 1 aliphatic carbocycles. The zero-order valence-corrected chi connectivity index (χ0v) is 8.99. The van der Waals surface area contributed by atoms with Gasteiger partial charge in [0.1, 0.15) is 5.78 Å². The van der Waals surface area contributed by atoms with E-state index in [9.17, 15) is 4.79 Å². The van der Waals surface area contributed by atoms with Gasteiger partial charge in [0.25, 0.3) is 0 Å². The highest BCUT2D eigenvalue weighted by molar-refractivity contribution is 7.11. The number of Topliss-reactive ketones (excluding diaryl/α,β-unsaturated/α-hetero) is 1. The molecule has 0 N–H and O–H groups in total. The van der Waals surface area contributed by atoms with Gasteiger partial charge in [-0.2, -0.15) is 0 Å². The number of carbonyl (C=O) groups is 1. The van der Waals surface area contributed by atoms with E-state index in [1.807, 2.05) is 20.8 Å². The van der Waals surface area contributed by atoms with Crippen LogP contribution in [0.5, 0.6) is 0 Å². The first-order valence-electron chi connectivity index (χ1n) is 4.52. The van der Waals surface area contributed by atoms with Gasteiger partial charge in [0.2, 0.25) is 0 Å². The lowest BCUT2D eigenvalue weighted by atomic mass is 9.77. The molecule has 3 heteroatoms. The molecule has 1 heterocycles. The van der Waals surface area contributed by atoms with Crippen LogP contribution in [0.25, 0.3) is 0 Å². The molecule has 70 valence electrons. The van der Waals surface area contributed by atoms with Gasteiger partial charge < -0.3 is 0 Å². The van der Waals surface area contributed by atoms with Gasteiger partial charge in [0.05, 0.1) is 16.1 Å². The molecule has 13 heavy (non-hydrogen) atoms. The van der Waals surface area contributed by atoms with Crippen molar-refractivity contribution in [3.05, 3.63) is 15.6 Å². The number of carbonyl (C=O) groups excluding carboxylic acids is 1. The van der Waals surface area contributed by atoms with Crippen molar-refractivity contribution in [3.8, 4) is 0 Å². The SMILES string of the molecule is Cc1nc2c(s1)CCC(=O)C2(C)C. The van der Waals surface area contributed by atoms with Crippen molar-refractivity contribution >= 4 is 17.1 Å². The van der Waals surface area contributed by atoms with Crippen LogP contribution in [0.15, 0.2) is 0 Å². The van der Waals surface area contributed by atoms with Gasteiger partial charge in [0.15, 0.2) is 0 Å². The van der Waals surface area contributed by atoms with Crippen molar-refractivity contribution in [3.63, 3.8) is 0 Å². The van der Waals surface area contributed by atoms with Crippen LogP contribution in [0.3, 0.4) is 0 Å². The van der Waals surface area contributed by atoms with Crippen LogP contribution >= 0.6 is 11.3 Å². The molecule has 0 unspecified atom stereocenters. The Morgan fingerprint density at radius 3 is 2.77 bits per heavy atom. The van der Waals surface area contributed by atoms with E-state index in [2.05, 4.69) is 4.98 Å². The number of fused-ring (bicyclic) bond motifs is 1. The molecular formula is C10H13NOS. The number of thiazole rings is 1. The van der Waals surface area contributed by atoms with Crippen molar-refractivity contribution in [2.24, 2.45) is 0 Å². The highest BCUT2D eigenvalue weighted by Gasteiger charge is 2.37. The average Bonchev–Trinajstić information content (AvgIpc) is 2.41. The van der Waals surface area contributed by atoms with Crippen LogP contribution in [0, 0.1) is 6.92 Å². The van der Waals surface area contributed by atoms with Gasteiger partial charge >= 0.3 is 0 Å². The van der Waals surface area contributed by atoms with Crippen LogP contribution in [0.1, 0.15) is 35.8 Å². The van der Waals surface area contributed by atoms with Gasteiger partial charge in [-0.3, -0.25) is 4.79 Å². The first kappa shape index (κ1) is 8.88. The summed E-state index contributed by atoms with van der Waals surface area (Å²) in [6, 6.07) is 0. The van der Waals surface area contributed by atoms with Crippen LogP contribution in [-0.4, -0.2) is 10.8 Å². The van der Waals surface area contributed by atoms with Crippen LogP contribution < -0.4 is 0 Å². The monoisotopic (exact) mass is 195 g/mol.